The van der Waals surface area contributed by atoms with Gasteiger partial charge >= 0.3 is 11.9 Å². The van der Waals surface area contributed by atoms with Crippen molar-refractivity contribution in [2.24, 2.45) is 11.3 Å². The van der Waals surface area contributed by atoms with Gasteiger partial charge in [0.05, 0.1) is 12.3 Å². The van der Waals surface area contributed by atoms with Crippen LogP contribution in [0.1, 0.15) is 40.5 Å². The second kappa shape index (κ2) is 4.17. The Kier molecular flexibility index (Phi) is 3.32. The Labute approximate surface area is 90.5 Å². The standard InChI is InChI=1S/C12H18O3/c1-8(7-12(2,3)4)5-9-6-10(13)15-11(9)14/h5,9H,6-7H2,1-4H3/b8-5-/t9-/m1/s1. The molecule has 0 saturated carbocycles. The first-order valence-corrected chi connectivity index (χ1v) is 5.20. The van der Waals surface area contributed by atoms with Gasteiger partial charge in [-0.3, -0.25) is 9.59 Å². The molecule has 1 saturated heterocycles. The predicted molar refractivity (Wildman–Crippen MR) is 57.0 cm³/mol. The van der Waals surface area contributed by atoms with Gasteiger partial charge in [0.2, 0.25) is 0 Å². The van der Waals surface area contributed by atoms with Crippen molar-refractivity contribution in [2.75, 3.05) is 0 Å². The molecule has 0 N–H and O–H groups in total. The van der Waals surface area contributed by atoms with Crippen LogP contribution in [0.15, 0.2) is 11.6 Å². The number of hydrogen-bond acceptors (Lipinski definition) is 3. The lowest BCUT2D eigenvalue weighted by molar-refractivity contribution is -0.152. The summed E-state index contributed by atoms with van der Waals surface area (Å²) in [6.45, 7) is 8.41. The molecule has 0 aromatic rings. The maximum Gasteiger partial charge on any atom is 0.321 e. The van der Waals surface area contributed by atoms with Gasteiger partial charge in [-0.05, 0) is 18.8 Å². The highest BCUT2D eigenvalue weighted by Gasteiger charge is 2.31. The molecule has 3 nitrogen and oxygen atoms in total. The van der Waals surface area contributed by atoms with Gasteiger partial charge in [-0.1, -0.05) is 32.4 Å². The van der Waals surface area contributed by atoms with Gasteiger partial charge in [0.15, 0.2) is 0 Å². The molecule has 0 aliphatic carbocycles. The van der Waals surface area contributed by atoms with Crippen LogP contribution in [0, 0.1) is 11.3 Å². The minimum Gasteiger partial charge on any atom is -0.393 e. The summed E-state index contributed by atoms with van der Waals surface area (Å²) in [5.41, 5.74) is 1.34. The first-order chi connectivity index (χ1) is 6.78. The van der Waals surface area contributed by atoms with Gasteiger partial charge in [0, 0.05) is 0 Å². The molecule has 0 spiro atoms. The summed E-state index contributed by atoms with van der Waals surface area (Å²) in [4.78, 5) is 22.1. The van der Waals surface area contributed by atoms with Crippen LogP contribution in [-0.2, 0) is 14.3 Å². The van der Waals surface area contributed by atoms with Gasteiger partial charge in [-0.15, -0.1) is 0 Å². The van der Waals surface area contributed by atoms with E-state index < -0.39 is 11.9 Å². The van der Waals surface area contributed by atoms with Crippen LogP contribution in [0.3, 0.4) is 0 Å². The zero-order valence-corrected chi connectivity index (χ0v) is 9.79. The van der Waals surface area contributed by atoms with Crippen molar-refractivity contribution in [3.63, 3.8) is 0 Å². The summed E-state index contributed by atoms with van der Waals surface area (Å²) >= 11 is 0. The second-order valence-corrected chi connectivity index (χ2v) is 5.35. The number of ether oxygens (including phenoxy) is 1. The maximum atomic E-state index is 11.2. The summed E-state index contributed by atoms with van der Waals surface area (Å²) < 4.78 is 4.48. The van der Waals surface area contributed by atoms with E-state index in [9.17, 15) is 9.59 Å². The van der Waals surface area contributed by atoms with E-state index in [0.29, 0.717) is 0 Å². The van der Waals surface area contributed by atoms with Gasteiger partial charge < -0.3 is 4.74 Å². The average Bonchev–Trinajstić information content (AvgIpc) is 2.25. The lowest BCUT2D eigenvalue weighted by Gasteiger charge is -2.18. The second-order valence-electron chi connectivity index (χ2n) is 5.35. The van der Waals surface area contributed by atoms with Crippen LogP contribution >= 0.6 is 0 Å². The molecule has 0 unspecified atom stereocenters. The molecule has 0 aromatic carbocycles. The van der Waals surface area contributed by atoms with Gasteiger partial charge in [-0.2, -0.15) is 0 Å². The van der Waals surface area contributed by atoms with E-state index in [2.05, 4.69) is 25.5 Å². The fourth-order valence-corrected chi connectivity index (χ4v) is 1.86. The topological polar surface area (TPSA) is 43.4 Å². The van der Waals surface area contributed by atoms with E-state index >= 15 is 0 Å². The fourth-order valence-electron chi connectivity index (χ4n) is 1.86. The smallest absolute Gasteiger partial charge is 0.321 e. The van der Waals surface area contributed by atoms with Gasteiger partial charge in [0.1, 0.15) is 0 Å². The Balaban J connectivity index is 2.63. The molecule has 3 heteroatoms. The zero-order valence-electron chi connectivity index (χ0n) is 9.79. The molecule has 1 heterocycles. The van der Waals surface area contributed by atoms with Crippen molar-refractivity contribution in [3.05, 3.63) is 11.6 Å². The van der Waals surface area contributed by atoms with Crippen LogP contribution in [0.4, 0.5) is 0 Å². The maximum absolute atomic E-state index is 11.2. The van der Waals surface area contributed by atoms with Crippen LogP contribution in [0.5, 0.6) is 0 Å². The van der Waals surface area contributed by atoms with Crippen molar-refractivity contribution < 1.29 is 14.3 Å². The number of carbonyl (C=O) groups excluding carboxylic acids is 2. The Morgan fingerprint density at radius 1 is 1.47 bits per heavy atom. The molecular weight excluding hydrogens is 192 g/mol. The van der Waals surface area contributed by atoms with Gasteiger partial charge in [0.25, 0.3) is 0 Å². The van der Waals surface area contributed by atoms with Crippen molar-refractivity contribution in [1.82, 2.24) is 0 Å². The van der Waals surface area contributed by atoms with E-state index in [4.69, 9.17) is 0 Å². The van der Waals surface area contributed by atoms with Crippen LogP contribution in [0.2, 0.25) is 0 Å². The molecule has 0 amide bonds. The third kappa shape index (κ3) is 3.86. The number of allylic oxidation sites excluding steroid dienone is 1. The highest BCUT2D eigenvalue weighted by Crippen LogP contribution is 2.26. The summed E-state index contributed by atoms with van der Waals surface area (Å²) in [5, 5.41) is 0. The number of carbonyl (C=O) groups is 2. The molecule has 1 aliphatic rings. The lowest BCUT2D eigenvalue weighted by atomic mass is 9.87. The minimum absolute atomic E-state index is 0.195. The molecular formula is C12H18O3. The van der Waals surface area contributed by atoms with Crippen molar-refractivity contribution in [2.45, 2.75) is 40.5 Å². The van der Waals surface area contributed by atoms with E-state index in [1.165, 1.54) is 0 Å². The van der Waals surface area contributed by atoms with Crippen LogP contribution in [-0.4, -0.2) is 11.9 Å². The average molecular weight is 210 g/mol. The largest absolute Gasteiger partial charge is 0.393 e. The normalized spacial score (nSPS) is 23.2. The molecule has 1 aliphatic heterocycles. The summed E-state index contributed by atoms with van der Waals surface area (Å²) in [6.07, 6.45) is 2.98. The third-order valence-electron chi connectivity index (χ3n) is 2.20. The highest BCUT2D eigenvalue weighted by atomic mass is 16.6. The monoisotopic (exact) mass is 210 g/mol. The molecule has 1 fully saturated rings. The van der Waals surface area contributed by atoms with Crippen molar-refractivity contribution >= 4 is 11.9 Å². The minimum atomic E-state index is -0.412. The lowest BCUT2D eigenvalue weighted by Crippen LogP contribution is -2.08. The first kappa shape index (κ1) is 12.0. The van der Waals surface area contributed by atoms with Crippen molar-refractivity contribution in [1.29, 1.82) is 0 Å². The molecule has 15 heavy (non-hydrogen) atoms. The van der Waals surface area contributed by atoms with Gasteiger partial charge in [-0.25, -0.2) is 0 Å². The highest BCUT2D eigenvalue weighted by molar-refractivity contribution is 5.95. The Morgan fingerprint density at radius 2 is 2.07 bits per heavy atom. The van der Waals surface area contributed by atoms with Crippen LogP contribution in [0.25, 0.3) is 0 Å². The summed E-state index contributed by atoms with van der Waals surface area (Å²) in [6, 6.07) is 0. The number of cyclic esters (lactones) is 2. The number of hydrogen-bond donors (Lipinski definition) is 0. The summed E-state index contributed by atoms with van der Waals surface area (Å²) in [7, 11) is 0. The first-order valence-electron chi connectivity index (χ1n) is 5.20. The molecule has 0 aromatic heterocycles. The third-order valence-corrected chi connectivity index (χ3v) is 2.20. The fraction of sp³-hybridized carbons (Fsp3) is 0.667. The molecule has 0 radical (unpaired) electrons. The number of rotatable bonds is 2. The Bertz CT molecular complexity index is 307. The SMILES string of the molecule is C/C(=C/[C@@H]1CC(=O)OC1=O)CC(C)(C)C. The van der Waals surface area contributed by atoms with E-state index in [-0.39, 0.29) is 17.8 Å². The molecule has 0 bridgehead atoms. The Hall–Kier alpha value is -1.12. The van der Waals surface area contributed by atoms with E-state index in [1.807, 2.05) is 13.0 Å². The van der Waals surface area contributed by atoms with Crippen molar-refractivity contribution in [3.8, 4) is 0 Å². The molecule has 1 atom stereocenters. The van der Waals surface area contributed by atoms with Crippen LogP contribution < -0.4 is 0 Å². The van der Waals surface area contributed by atoms with E-state index in [1.54, 1.807) is 0 Å². The van der Waals surface area contributed by atoms with E-state index in [0.717, 1.165) is 12.0 Å². The number of esters is 2. The zero-order chi connectivity index (χ0) is 11.6. The summed E-state index contributed by atoms with van der Waals surface area (Å²) in [5.74, 6) is -1.18. The molecule has 84 valence electrons. The Morgan fingerprint density at radius 3 is 2.47 bits per heavy atom. The quantitative estimate of drug-likeness (QED) is 0.399. The molecule has 1 rings (SSSR count). The predicted octanol–water partition coefficient (Wildman–Crippen LogP) is 2.46.